The highest BCUT2D eigenvalue weighted by Crippen LogP contribution is 2.18. The van der Waals surface area contributed by atoms with Crippen molar-refractivity contribution in [2.24, 2.45) is 0 Å². The summed E-state index contributed by atoms with van der Waals surface area (Å²) in [6.45, 7) is 5.28. The second-order valence-corrected chi connectivity index (χ2v) is 5.10. The minimum Gasteiger partial charge on any atom is -0.398 e. The van der Waals surface area contributed by atoms with E-state index in [1.54, 1.807) is 13.8 Å². The largest absolute Gasteiger partial charge is 0.398 e. The van der Waals surface area contributed by atoms with E-state index in [9.17, 15) is 14.3 Å². The molecule has 5 heteroatoms. The van der Waals surface area contributed by atoms with Gasteiger partial charge in [0, 0.05) is 23.4 Å². The lowest BCUT2D eigenvalue weighted by molar-refractivity contribution is 0.0469. The predicted molar refractivity (Wildman–Crippen MR) is 73.4 cm³/mol. The van der Waals surface area contributed by atoms with Crippen molar-refractivity contribution in [2.45, 2.75) is 39.2 Å². The number of rotatable bonds is 5. The summed E-state index contributed by atoms with van der Waals surface area (Å²) in [6, 6.07) is 2.58. The summed E-state index contributed by atoms with van der Waals surface area (Å²) in [5.41, 5.74) is 5.39. The number of carbonyl (C=O) groups is 1. The van der Waals surface area contributed by atoms with Crippen molar-refractivity contribution in [3.63, 3.8) is 0 Å². The lowest BCUT2D eigenvalue weighted by Gasteiger charge is -2.23. The van der Waals surface area contributed by atoms with E-state index >= 15 is 0 Å². The Hall–Kier alpha value is -1.62. The summed E-state index contributed by atoms with van der Waals surface area (Å²) in [7, 11) is 0. The predicted octanol–water partition coefficient (Wildman–Crippen LogP) is 2.00. The number of hydrogen-bond donors (Lipinski definition) is 3. The van der Waals surface area contributed by atoms with Crippen molar-refractivity contribution in [3.8, 4) is 0 Å². The van der Waals surface area contributed by atoms with Gasteiger partial charge in [0.15, 0.2) is 0 Å². The molecule has 1 rings (SSSR count). The van der Waals surface area contributed by atoms with E-state index in [1.807, 2.05) is 6.92 Å². The maximum atomic E-state index is 13.5. The van der Waals surface area contributed by atoms with Crippen molar-refractivity contribution < 1.29 is 14.3 Å². The zero-order valence-electron chi connectivity index (χ0n) is 11.6. The van der Waals surface area contributed by atoms with Gasteiger partial charge in [-0.2, -0.15) is 0 Å². The van der Waals surface area contributed by atoms with Gasteiger partial charge in [-0.05, 0) is 32.4 Å². The van der Waals surface area contributed by atoms with E-state index in [0.717, 1.165) is 12.5 Å². The molecule has 1 unspecified atom stereocenters. The Labute approximate surface area is 112 Å². The first kappa shape index (κ1) is 15.4. The summed E-state index contributed by atoms with van der Waals surface area (Å²) in [4.78, 5) is 11.9. The van der Waals surface area contributed by atoms with Crippen LogP contribution in [0, 0.1) is 12.7 Å². The van der Waals surface area contributed by atoms with Gasteiger partial charge in [0.1, 0.15) is 5.82 Å². The number of nitrogen functional groups attached to an aromatic ring is 1. The molecule has 0 aromatic heterocycles. The minimum atomic E-state index is -0.959. The number of hydrogen-bond acceptors (Lipinski definition) is 3. The summed E-state index contributed by atoms with van der Waals surface area (Å²) < 4.78 is 13.5. The first-order chi connectivity index (χ1) is 8.76. The third-order valence-corrected chi connectivity index (χ3v) is 3.07. The molecule has 4 N–H and O–H groups in total. The molecule has 4 nitrogen and oxygen atoms in total. The van der Waals surface area contributed by atoms with Crippen LogP contribution in [-0.4, -0.2) is 23.2 Å². The van der Waals surface area contributed by atoms with Crippen LogP contribution in [-0.2, 0) is 0 Å². The first-order valence-corrected chi connectivity index (χ1v) is 6.33. The van der Waals surface area contributed by atoms with Gasteiger partial charge >= 0.3 is 0 Å². The van der Waals surface area contributed by atoms with E-state index < -0.39 is 17.3 Å². The first-order valence-electron chi connectivity index (χ1n) is 6.33. The SMILES string of the molecule is CCCC(C)(O)CNC(=O)c1cc(N)c(C)c(F)c1. The zero-order chi connectivity index (χ0) is 14.6. The van der Waals surface area contributed by atoms with Crippen molar-refractivity contribution in [1.29, 1.82) is 0 Å². The van der Waals surface area contributed by atoms with E-state index in [0.29, 0.717) is 12.0 Å². The number of carbonyl (C=O) groups excluding carboxylic acids is 1. The summed E-state index contributed by atoms with van der Waals surface area (Å²) in [5.74, 6) is -0.951. The number of benzene rings is 1. The molecule has 1 atom stereocenters. The maximum absolute atomic E-state index is 13.5. The molecule has 0 saturated heterocycles. The van der Waals surface area contributed by atoms with Crippen molar-refractivity contribution in [3.05, 3.63) is 29.1 Å². The molecule has 0 aliphatic heterocycles. The second kappa shape index (κ2) is 6.02. The minimum absolute atomic E-state index is 0.120. The van der Waals surface area contributed by atoms with Gasteiger partial charge in [-0.25, -0.2) is 4.39 Å². The Balaban J connectivity index is 2.74. The topological polar surface area (TPSA) is 75.3 Å². The highest BCUT2D eigenvalue weighted by atomic mass is 19.1. The Morgan fingerprint density at radius 3 is 2.68 bits per heavy atom. The van der Waals surface area contributed by atoms with E-state index in [-0.39, 0.29) is 17.8 Å². The number of nitrogens with one attached hydrogen (secondary N) is 1. The van der Waals surface area contributed by atoms with Gasteiger partial charge in [0.25, 0.3) is 5.91 Å². The van der Waals surface area contributed by atoms with Crippen LogP contribution in [0.5, 0.6) is 0 Å². The van der Waals surface area contributed by atoms with Crippen LogP contribution in [0.2, 0.25) is 0 Å². The monoisotopic (exact) mass is 268 g/mol. The number of halogens is 1. The highest BCUT2D eigenvalue weighted by Gasteiger charge is 2.20. The normalized spacial score (nSPS) is 13.9. The fourth-order valence-corrected chi connectivity index (χ4v) is 1.83. The quantitative estimate of drug-likeness (QED) is 0.715. The molecule has 0 bridgehead atoms. The van der Waals surface area contributed by atoms with Crippen LogP contribution >= 0.6 is 0 Å². The van der Waals surface area contributed by atoms with Crippen molar-refractivity contribution >= 4 is 11.6 Å². The molecule has 0 aliphatic rings. The standard InChI is InChI=1S/C14H21FN2O2/c1-4-5-14(3,19)8-17-13(18)10-6-11(15)9(2)12(16)7-10/h6-7,19H,4-5,8,16H2,1-3H3,(H,17,18). The fraction of sp³-hybridized carbons (Fsp3) is 0.500. The van der Waals surface area contributed by atoms with E-state index in [4.69, 9.17) is 5.73 Å². The molecule has 0 saturated carbocycles. The molecule has 0 fully saturated rings. The lowest BCUT2D eigenvalue weighted by atomic mass is 10.0. The molecular weight excluding hydrogens is 247 g/mol. The van der Waals surface area contributed by atoms with Crippen LogP contribution < -0.4 is 11.1 Å². The third kappa shape index (κ3) is 4.21. The number of aliphatic hydroxyl groups is 1. The number of anilines is 1. The molecule has 19 heavy (non-hydrogen) atoms. The molecule has 1 amide bonds. The van der Waals surface area contributed by atoms with Gasteiger partial charge in [0.2, 0.25) is 0 Å². The Morgan fingerprint density at radius 2 is 2.16 bits per heavy atom. The van der Waals surface area contributed by atoms with Crippen molar-refractivity contribution in [1.82, 2.24) is 5.32 Å². The number of amides is 1. The Bertz CT molecular complexity index is 450. The van der Waals surface area contributed by atoms with Crippen LogP contribution in [0.25, 0.3) is 0 Å². The summed E-state index contributed by atoms with van der Waals surface area (Å²) >= 11 is 0. The van der Waals surface area contributed by atoms with Crippen LogP contribution in [0.3, 0.4) is 0 Å². The molecule has 1 aromatic carbocycles. The van der Waals surface area contributed by atoms with Crippen LogP contribution in [0.15, 0.2) is 12.1 Å². The molecule has 0 radical (unpaired) electrons. The maximum Gasteiger partial charge on any atom is 0.251 e. The molecule has 0 heterocycles. The molecular formula is C14H21FN2O2. The lowest BCUT2D eigenvalue weighted by Crippen LogP contribution is -2.40. The van der Waals surface area contributed by atoms with Gasteiger partial charge < -0.3 is 16.2 Å². The average molecular weight is 268 g/mol. The van der Waals surface area contributed by atoms with Gasteiger partial charge in [-0.3, -0.25) is 4.79 Å². The van der Waals surface area contributed by atoms with Gasteiger partial charge in [0.05, 0.1) is 5.60 Å². The number of nitrogens with two attached hydrogens (primary N) is 1. The third-order valence-electron chi connectivity index (χ3n) is 3.07. The molecule has 106 valence electrons. The zero-order valence-corrected chi connectivity index (χ0v) is 11.6. The van der Waals surface area contributed by atoms with E-state index in [2.05, 4.69) is 5.32 Å². The van der Waals surface area contributed by atoms with Gasteiger partial charge in [-0.1, -0.05) is 13.3 Å². The summed E-state index contributed by atoms with van der Waals surface area (Å²) in [6.07, 6.45) is 1.40. The Morgan fingerprint density at radius 1 is 1.53 bits per heavy atom. The highest BCUT2D eigenvalue weighted by molar-refractivity contribution is 5.95. The molecule has 1 aromatic rings. The molecule has 0 aliphatic carbocycles. The molecule has 0 spiro atoms. The van der Waals surface area contributed by atoms with E-state index in [1.165, 1.54) is 6.07 Å². The van der Waals surface area contributed by atoms with Crippen LogP contribution in [0.4, 0.5) is 10.1 Å². The average Bonchev–Trinajstić information content (AvgIpc) is 2.32. The van der Waals surface area contributed by atoms with Gasteiger partial charge in [-0.15, -0.1) is 0 Å². The smallest absolute Gasteiger partial charge is 0.251 e. The fourth-order valence-electron chi connectivity index (χ4n) is 1.83. The second-order valence-electron chi connectivity index (χ2n) is 5.10. The summed E-state index contributed by atoms with van der Waals surface area (Å²) in [5, 5.41) is 12.5. The Kier molecular flexibility index (Phi) is 4.89. The van der Waals surface area contributed by atoms with Crippen LogP contribution in [0.1, 0.15) is 42.6 Å². The van der Waals surface area contributed by atoms with Crippen molar-refractivity contribution in [2.75, 3.05) is 12.3 Å².